The Balaban J connectivity index is 2.44. The molecule has 1 heterocycles. The minimum Gasteiger partial charge on any atom is -0.448 e. The molecule has 28 heavy (non-hydrogen) atoms. The molecule has 0 spiro atoms. The van der Waals surface area contributed by atoms with Crippen molar-refractivity contribution in [2.24, 2.45) is 0 Å². The van der Waals surface area contributed by atoms with Gasteiger partial charge in [0.05, 0.1) is 16.2 Å². The van der Waals surface area contributed by atoms with Gasteiger partial charge in [0, 0.05) is 23.6 Å². The van der Waals surface area contributed by atoms with E-state index in [2.05, 4.69) is 17.9 Å². The second-order valence-corrected chi connectivity index (χ2v) is 7.53. The summed E-state index contributed by atoms with van der Waals surface area (Å²) in [6, 6.07) is 6.57. The molecule has 0 saturated carbocycles. The number of dihydropyridines is 1. The Bertz CT molecular complexity index is 881. The van der Waals surface area contributed by atoms with E-state index >= 15 is 0 Å². The summed E-state index contributed by atoms with van der Waals surface area (Å²) in [6.45, 7) is 4.67. The maximum Gasteiger partial charge on any atom is 0.338 e. The largest absolute Gasteiger partial charge is 0.448 e. The summed E-state index contributed by atoms with van der Waals surface area (Å²) in [6.07, 6.45) is 0.470. The van der Waals surface area contributed by atoms with E-state index < -0.39 is 22.2 Å². The molecule has 0 aliphatic carbocycles. The number of thiol groups is 1. The maximum absolute atomic E-state index is 12.9. The third kappa shape index (κ3) is 5.14. The number of benzene rings is 1. The summed E-state index contributed by atoms with van der Waals surface area (Å²) in [7, 11) is 0. The minimum absolute atomic E-state index is 0.0455. The van der Waals surface area contributed by atoms with Gasteiger partial charge in [-0.15, -0.1) is 12.6 Å². The molecule has 0 saturated heterocycles. The van der Waals surface area contributed by atoms with Crippen LogP contribution in [-0.2, 0) is 14.3 Å². The maximum atomic E-state index is 12.9. The smallest absolute Gasteiger partial charge is 0.338 e. The lowest BCUT2D eigenvalue weighted by atomic mass is 9.84. The van der Waals surface area contributed by atoms with Crippen LogP contribution in [0.5, 0.6) is 0 Å². The van der Waals surface area contributed by atoms with Crippen molar-refractivity contribution < 1.29 is 19.2 Å². The van der Waals surface area contributed by atoms with Crippen molar-refractivity contribution in [3.05, 3.63) is 67.6 Å². The number of ether oxygens (including phenoxy) is 1. The molecule has 1 aliphatic heterocycles. The highest BCUT2D eigenvalue weighted by Crippen LogP contribution is 2.39. The van der Waals surface area contributed by atoms with Crippen molar-refractivity contribution >= 4 is 36.0 Å². The average molecular weight is 425 g/mol. The van der Waals surface area contributed by atoms with Crippen LogP contribution in [0.1, 0.15) is 45.1 Å². The predicted octanol–water partition coefficient (Wildman–Crippen LogP) is 3.98. The van der Waals surface area contributed by atoms with Gasteiger partial charge in [0.2, 0.25) is 0 Å². The van der Waals surface area contributed by atoms with Gasteiger partial charge < -0.3 is 14.8 Å². The number of nitrogens with one attached hydrogen (secondary N) is 1. The van der Waals surface area contributed by atoms with Crippen LogP contribution in [0.4, 0.5) is 0 Å². The number of hydrogen-bond donors (Lipinski definition) is 2. The number of rotatable bonds is 7. The molecule has 1 aliphatic rings. The fourth-order valence-corrected chi connectivity index (χ4v) is 3.50. The van der Waals surface area contributed by atoms with Crippen LogP contribution in [0.3, 0.4) is 0 Å². The zero-order valence-electron chi connectivity index (χ0n) is 15.7. The number of halogens is 1. The molecule has 0 aromatic heterocycles. The van der Waals surface area contributed by atoms with Crippen LogP contribution < -0.4 is 5.32 Å². The van der Waals surface area contributed by atoms with Gasteiger partial charge in [-0.1, -0.05) is 23.7 Å². The van der Waals surface area contributed by atoms with Crippen LogP contribution >= 0.6 is 24.2 Å². The first-order valence-corrected chi connectivity index (χ1v) is 9.48. The van der Waals surface area contributed by atoms with Crippen molar-refractivity contribution in [3.8, 4) is 0 Å². The molecule has 1 N–H and O–H groups in total. The standard InChI is InChI=1S/C19H21ClN2O5S/c1-10(23)7-8-15(28)27-19(24)16-11(2)21-12(3)18(22(25)26)17(16)13-5-4-6-14(20)9-13/h4-6,9,15,17,21,28H,7-8H2,1-3H3. The normalized spacial score (nSPS) is 17.8. The van der Waals surface area contributed by atoms with Crippen molar-refractivity contribution in [3.63, 3.8) is 0 Å². The highest BCUT2D eigenvalue weighted by molar-refractivity contribution is 7.80. The topological polar surface area (TPSA) is 98.5 Å². The van der Waals surface area contributed by atoms with Crippen LogP contribution in [0.2, 0.25) is 5.02 Å². The quantitative estimate of drug-likeness (QED) is 0.226. The lowest BCUT2D eigenvalue weighted by Crippen LogP contribution is -2.32. The molecule has 2 rings (SSSR count). The number of carbonyl (C=O) groups is 2. The lowest BCUT2D eigenvalue weighted by molar-refractivity contribution is -0.431. The first-order chi connectivity index (χ1) is 13.1. The molecule has 9 heteroatoms. The van der Waals surface area contributed by atoms with Gasteiger partial charge in [0.1, 0.15) is 17.1 Å². The number of nitrogens with zero attached hydrogens (tertiary/aromatic N) is 1. The van der Waals surface area contributed by atoms with Gasteiger partial charge in [-0.2, -0.15) is 0 Å². The molecule has 150 valence electrons. The predicted molar refractivity (Wildman–Crippen MR) is 109 cm³/mol. The Kier molecular flexibility index (Phi) is 7.26. The van der Waals surface area contributed by atoms with Gasteiger partial charge in [-0.25, -0.2) is 4.79 Å². The summed E-state index contributed by atoms with van der Waals surface area (Å²) in [5, 5.41) is 15.0. The number of allylic oxidation sites excluding steroid dienone is 3. The summed E-state index contributed by atoms with van der Waals surface area (Å²) in [5.74, 6) is -1.73. The van der Waals surface area contributed by atoms with E-state index in [0.717, 1.165) is 0 Å². The highest BCUT2D eigenvalue weighted by Gasteiger charge is 2.41. The summed E-state index contributed by atoms with van der Waals surface area (Å²) in [4.78, 5) is 35.2. The molecule has 7 nitrogen and oxygen atoms in total. The number of ketones is 1. The van der Waals surface area contributed by atoms with Crippen LogP contribution in [-0.4, -0.2) is 22.1 Å². The zero-order valence-corrected chi connectivity index (χ0v) is 17.3. The van der Waals surface area contributed by atoms with E-state index in [9.17, 15) is 19.7 Å². The third-order valence-corrected chi connectivity index (χ3v) is 4.91. The van der Waals surface area contributed by atoms with Gasteiger partial charge in [-0.3, -0.25) is 10.1 Å². The SMILES string of the molecule is CC(=O)CCC(S)OC(=O)C1=C(C)NC(C)=C([N+](=O)[O-])C1c1cccc(Cl)c1. The average Bonchev–Trinajstić information content (AvgIpc) is 2.58. The van der Waals surface area contributed by atoms with E-state index in [1.54, 1.807) is 38.1 Å². The van der Waals surface area contributed by atoms with Gasteiger partial charge >= 0.3 is 5.97 Å². The number of hydrogen-bond acceptors (Lipinski definition) is 7. The molecule has 0 fully saturated rings. The number of esters is 1. The van der Waals surface area contributed by atoms with E-state index in [1.807, 2.05) is 0 Å². The first-order valence-electron chi connectivity index (χ1n) is 8.58. The lowest BCUT2D eigenvalue weighted by Gasteiger charge is -2.27. The molecule has 0 radical (unpaired) electrons. The Morgan fingerprint density at radius 3 is 2.61 bits per heavy atom. The monoisotopic (exact) mass is 424 g/mol. The van der Waals surface area contributed by atoms with Crippen molar-refractivity contribution in [1.29, 1.82) is 0 Å². The van der Waals surface area contributed by atoms with Crippen LogP contribution in [0.15, 0.2) is 46.9 Å². The summed E-state index contributed by atoms with van der Waals surface area (Å²) >= 11 is 10.3. The molecular weight excluding hydrogens is 404 g/mol. The van der Waals surface area contributed by atoms with Crippen molar-refractivity contribution in [2.75, 3.05) is 0 Å². The first kappa shape index (κ1) is 22.0. The molecule has 1 aromatic carbocycles. The molecule has 2 atom stereocenters. The molecule has 0 amide bonds. The zero-order chi connectivity index (χ0) is 21.0. The number of nitro groups is 1. The summed E-state index contributed by atoms with van der Waals surface area (Å²) in [5.41, 5.74) is 0.447. The fraction of sp³-hybridized carbons (Fsp3) is 0.368. The Labute approximate surface area is 173 Å². The van der Waals surface area contributed by atoms with E-state index in [4.69, 9.17) is 16.3 Å². The molecule has 0 bridgehead atoms. The molecule has 2 unspecified atom stereocenters. The highest BCUT2D eigenvalue weighted by atomic mass is 35.5. The summed E-state index contributed by atoms with van der Waals surface area (Å²) < 4.78 is 5.35. The minimum atomic E-state index is -0.948. The van der Waals surface area contributed by atoms with Gasteiger partial charge in [-0.05, 0) is 38.5 Å². The second-order valence-electron chi connectivity index (χ2n) is 6.52. The van der Waals surface area contributed by atoms with Crippen LogP contribution in [0, 0.1) is 10.1 Å². The van der Waals surface area contributed by atoms with Crippen molar-refractivity contribution in [2.45, 2.75) is 45.0 Å². The Morgan fingerprint density at radius 2 is 2.04 bits per heavy atom. The Morgan fingerprint density at radius 1 is 1.36 bits per heavy atom. The van der Waals surface area contributed by atoms with E-state index in [0.29, 0.717) is 22.0 Å². The number of carbonyl (C=O) groups excluding carboxylic acids is 2. The van der Waals surface area contributed by atoms with Crippen molar-refractivity contribution in [1.82, 2.24) is 5.32 Å². The van der Waals surface area contributed by atoms with Crippen LogP contribution in [0.25, 0.3) is 0 Å². The van der Waals surface area contributed by atoms with Gasteiger partial charge in [0.15, 0.2) is 0 Å². The third-order valence-electron chi connectivity index (χ3n) is 4.31. The fourth-order valence-electron chi connectivity index (χ4n) is 3.08. The number of Topliss-reactive ketones (excluding diaryl/α,β-unsaturated/α-hetero) is 1. The Hall–Kier alpha value is -2.32. The van der Waals surface area contributed by atoms with E-state index in [1.165, 1.54) is 6.92 Å². The second kappa shape index (κ2) is 9.25. The van der Waals surface area contributed by atoms with E-state index in [-0.39, 0.29) is 29.9 Å². The molecular formula is C19H21ClN2O5S. The van der Waals surface area contributed by atoms with Gasteiger partial charge in [0.25, 0.3) is 5.70 Å². The molecule has 1 aromatic rings.